The van der Waals surface area contributed by atoms with Crippen LogP contribution in [0, 0.1) is 5.92 Å². The highest BCUT2D eigenvalue weighted by Gasteiger charge is 2.24. The van der Waals surface area contributed by atoms with Gasteiger partial charge in [0.2, 0.25) is 5.91 Å². The second kappa shape index (κ2) is 6.37. The monoisotopic (exact) mass is 273 g/mol. The van der Waals surface area contributed by atoms with Crippen LogP contribution in [0.1, 0.15) is 43.4 Å². The van der Waals surface area contributed by atoms with E-state index < -0.39 is 5.97 Å². The predicted octanol–water partition coefficient (Wildman–Crippen LogP) is 2.76. The molecule has 0 spiro atoms. The predicted molar refractivity (Wildman–Crippen MR) is 77.0 cm³/mol. The van der Waals surface area contributed by atoms with Crippen molar-refractivity contribution in [3.63, 3.8) is 0 Å². The molecule has 0 aromatic heterocycles. The summed E-state index contributed by atoms with van der Waals surface area (Å²) in [4.78, 5) is 22.3. The van der Waals surface area contributed by atoms with Crippen LogP contribution in [0.2, 0.25) is 0 Å². The molecule has 1 aromatic carbocycles. The molecule has 0 radical (unpaired) electrons. The van der Waals surface area contributed by atoms with Crippen LogP contribution in [0.5, 0.6) is 0 Å². The molecule has 20 heavy (non-hydrogen) atoms. The Morgan fingerprint density at radius 2 is 2.20 bits per heavy atom. The topological polar surface area (TPSA) is 66.4 Å². The molecule has 1 aliphatic rings. The van der Waals surface area contributed by atoms with Gasteiger partial charge in [-0.15, -0.1) is 0 Å². The van der Waals surface area contributed by atoms with E-state index in [2.05, 4.69) is 5.32 Å². The van der Waals surface area contributed by atoms with Crippen molar-refractivity contribution in [1.82, 2.24) is 5.32 Å². The van der Waals surface area contributed by atoms with Gasteiger partial charge in [-0.05, 0) is 49.0 Å². The normalized spacial score (nSPS) is 16.1. The summed E-state index contributed by atoms with van der Waals surface area (Å²) < 4.78 is 0. The van der Waals surface area contributed by atoms with Crippen molar-refractivity contribution >= 4 is 18.0 Å². The third-order valence-electron chi connectivity index (χ3n) is 3.38. The molecule has 0 bridgehead atoms. The maximum absolute atomic E-state index is 11.8. The van der Waals surface area contributed by atoms with E-state index in [0.29, 0.717) is 12.3 Å². The highest BCUT2D eigenvalue weighted by molar-refractivity contribution is 5.85. The maximum Gasteiger partial charge on any atom is 0.328 e. The molecule has 1 saturated carbocycles. The van der Waals surface area contributed by atoms with Gasteiger partial charge >= 0.3 is 5.97 Å². The lowest BCUT2D eigenvalue weighted by Gasteiger charge is -2.14. The Bertz CT molecular complexity index is 532. The largest absolute Gasteiger partial charge is 0.478 e. The van der Waals surface area contributed by atoms with Gasteiger partial charge in [-0.2, -0.15) is 0 Å². The molecule has 1 aromatic rings. The first kappa shape index (κ1) is 14.3. The van der Waals surface area contributed by atoms with E-state index in [9.17, 15) is 9.59 Å². The molecule has 4 nitrogen and oxygen atoms in total. The third kappa shape index (κ3) is 4.53. The van der Waals surface area contributed by atoms with Crippen LogP contribution in [-0.2, 0) is 9.59 Å². The van der Waals surface area contributed by atoms with Gasteiger partial charge in [0.25, 0.3) is 0 Å². The number of carbonyl (C=O) groups is 2. The fraction of sp³-hybridized carbons (Fsp3) is 0.375. The van der Waals surface area contributed by atoms with Crippen LogP contribution in [0.25, 0.3) is 6.08 Å². The van der Waals surface area contributed by atoms with Gasteiger partial charge in [0, 0.05) is 12.5 Å². The van der Waals surface area contributed by atoms with Gasteiger partial charge in [0.05, 0.1) is 6.04 Å². The molecule has 1 unspecified atom stereocenters. The highest BCUT2D eigenvalue weighted by atomic mass is 16.4. The first-order valence-electron chi connectivity index (χ1n) is 6.85. The van der Waals surface area contributed by atoms with Crippen molar-refractivity contribution in [2.24, 2.45) is 5.92 Å². The van der Waals surface area contributed by atoms with Crippen molar-refractivity contribution in [2.75, 3.05) is 0 Å². The van der Waals surface area contributed by atoms with Crippen LogP contribution in [0.3, 0.4) is 0 Å². The van der Waals surface area contributed by atoms with Crippen LogP contribution >= 0.6 is 0 Å². The molecule has 1 atom stereocenters. The summed E-state index contributed by atoms with van der Waals surface area (Å²) in [5, 5.41) is 11.6. The van der Waals surface area contributed by atoms with Crippen molar-refractivity contribution < 1.29 is 14.7 Å². The second-order valence-corrected chi connectivity index (χ2v) is 5.28. The summed E-state index contributed by atoms with van der Waals surface area (Å²) >= 11 is 0. The minimum atomic E-state index is -0.971. The Balaban J connectivity index is 1.97. The molecule has 2 N–H and O–H groups in total. The van der Waals surface area contributed by atoms with Gasteiger partial charge < -0.3 is 10.4 Å². The van der Waals surface area contributed by atoms with Crippen LogP contribution in [-0.4, -0.2) is 17.0 Å². The number of carbonyl (C=O) groups excluding carboxylic acids is 1. The Kier molecular flexibility index (Phi) is 4.56. The van der Waals surface area contributed by atoms with Crippen LogP contribution < -0.4 is 5.32 Å². The number of benzene rings is 1. The Hall–Kier alpha value is -2.10. The zero-order valence-electron chi connectivity index (χ0n) is 11.5. The molecule has 0 heterocycles. The second-order valence-electron chi connectivity index (χ2n) is 5.28. The number of nitrogens with one attached hydrogen (secondary N) is 1. The minimum Gasteiger partial charge on any atom is -0.478 e. The average Bonchev–Trinajstić information content (AvgIpc) is 3.20. The molecular weight excluding hydrogens is 254 g/mol. The number of hydrogen-bond donors (Lipinski definition) is 2. The highest BCUT2D eigenvalue weighted by Crippen LogP contribution is 2.32. The summed E-state index contributed by atoms with van der Waals surface area (Å²) in [5.41, 5.74) is 1.79. The fourth-order valence-corrected chi connectivity index (χ4v) is 2.07. The first-order chi connectivity index (χ1) is 9.54. The Morgan fingerprint density at radius 3 is 2.85 bits per heavy atom. The third-order valence-corrected chi connectivity index (χ3v) is 3.38. The van der Waals surface area contributed by atoms with E-state index in [1.807, 2.05) is 31.2 Å². The number of hydrogen-bond acceptors (Lipinski definition) is 2. The van der Waals surface area contributed by atoms with Gasteiger partial charge in [0.15, 0.2) is 0 Å². The average molecular weight is 273 g/mol. The summed E-state index contributed by atoms with van der Waals surface area (Å²) in [6, 6.07) is 7.45. The SMILES string of the molecule is CC(NC(=O)CC1CC1)c1cccc(C=CC(=O)O)c1. The lowest BCUT2D eigenvalue weighted by Crippen LogP contribution is -2.26. The van der Waals surface area contributed by atoms with Crippen LogP contribution in [0.15, 0.2) is 30.3 Å². The molecule has 2 rings (SSSR count). The lowest BCUT2D eigenvalue weighted by molar-refractivity contribution is -0.131. The molecule has 1 aliphatic carbocycles. The Labute approximate surface area is 118 Å². The van der Waals surface area contributed by atoms with E-state index in [1.54, 1.807) is 6.08 Å². The summed E-state index contributed by atoms with van der Waals surface area (Å²) in [5.74, 6) is -0.306. The van der Waals surface area contributed by atoms with Gasteiger partial charge in [-0.1, -0.05) is 18.2 Å². The smallest absolute Gasteiger partial charge is 0.328 e. The van der Waals surface area contributed by atoms with Gasteiger partial charge in [0.1, 0.15) is 0 Å². The molecule has 1 fully saturated rings. The quantitative estimate of drug-likeness (QED) is 0.783. The summed E-state index contributed by atoms with van der Waals surface area (Å²) in [7, 11) is 0. The molecule has 4 heteroatoms. The zero-order chi connectivity index (χ0) is 14.5. The van der Waals surface area contributed by atoms with Crippen molar-refractivity contribution in [3.05, 3.63) is 41.5 Å². The minimum absolute atomic E-state index is 0.0700. The molecule has 106 valence electrons. The number of aliphatic carboxylic acids is 1. The standard InChI is InChI=1S/C16H19NO3/c1-11(17-15(18)10-13-5-6-13)14-4-2-3-12(9-14)7-8-16(19)20/h2-4,7-9,11,13H,5-6,10H2,1H3,(H,17,18)(H,19,20). The summed E-state index contributed by atoms with van der Waals surface area (Å²) in [6.45, 7) is 1.94. The van der Waals surface area contributed by atoms with E-state index in [0.717, 1.165) is 30.0 Å². The Morgan fingerprint density at radius 1 is 1.45 bits per heavy atom. The summed E-state index contributed by atoms with van der Waals surface area (Å²) in [6.07, 6.45) is 5.59. The maximum atomic E-state index is 11.8. The van der Waals surface area contributed by atoms with Crippen LogP contribution in [0.4, 0.5) is 0 Å². The molecule has 1 amide bonds. The lowest BCUT2D eigenvalue weighted by atomic mass is 10.0. The number of amides is 1. The number of carboxylic acids is 1. The number of rotatable bonds is 6. The zero-order valence-corrected chi connectivity index (χ0v) is 11.5. The number of carboxylic acid groups (broad SMARTS) is 1. The van der Waals surface area contributed by atoms with E-state index in [4.69, 9.17) is 5.11 Å². The van der Waals surface area contributed by atoms with Crippen molar-refractivity contribution in [3.8, 4) is 0 Å². The molecule has 0 aliphatic heterocycles. The van der Waals surface area contributed by atoms with E-state index in [-0.39, 0.29) is 11.9 Å². The van der Waals surface area contributed by atoms with Crippen molar-refractivity contribution in [2.45, 2.75) is 32.2 Å². The van der Waals surface area contributed by atoms with Crippen molar-refractivity contribution in [1.29, 1.82) is 0 Å². The molecular formula is C16H19NO3. The van der Waals surface area contributed by atoms with Gasteiger partial charge in [-0.25, -0.2) is 4.79 Å². The fourth-order valence-electron chi connectivity index (χ4n) is 2.07. The molecule has 0 saturated heterocycles. The van der Waals surface area contributed by atoms with E-state index in [1.165, 1.54) is 0 Å². The van der Waals surface area contributed by atoms with Gasteiger partial charge in [-0.3, -0.25) is 4.79 Å². The van der Waals surface area contributed by atoms with E-state index >= 15 is 0 Å². The first-order valence-corrected chi connectivity index (χ1v) is 6.85.